The Kier molecular flexibility index (Phi) is 6.30. The van der Waals surface area contributed by atoms with Gasteiger partial charge in [0, 0.05) is 30.0 Å². The van der Waals surface area contributed by atoms with Crippen molar-refractivity contribution in [1.29, 1.82) is 0 Å². The van der Waals surface area contributed by atoms with E-state index in [1.165, 1.54) is 0 Å². The first-order valence-electron chi connectivity index (χ1n) is 13.2. The molecule has 0 aromatic heterocycles. The number of benzene rings is 1. The Labute approximate surface area is 217 Å². The molecule has 4 nitrogen and oxygen atoms in total. The molecule has 0 saturated heterocycles. The van der Waals surface area contributed by atoms with Gasteiger partial charge in [0.25, 0.3) is 0 Å². The van der Waals surface area contributed by atoms with Crippen molar-refractivity contribution < 1.29 is 35.9 Å². The number of carbonyl (C=O) groups excluding carboxylic acids is 2. The van der Waals surface area contributed by atoms with Crippen LogP contribution in [0.1, 0.15) is 70.4 Å². The number of halogens is 6. The van der Waals surface area contributed by atoms with Gasteiger partial charge in [-0.2, -0.15) is 26.3 Å². The number of Topliss-reactive ketones (excluding diaryl/α,β-unsaturated/α-hetero) is 1. The lowest BCUT2D eigenvalue weighted by molar-refractivity contribution is -0.142. The van der Waals surface area contributed by atoms with E-state index < -0.39 is 46.4 Å². The molecule has 5 rings (SSSR count). The molecule has 0 bridgehead atoms. The van der Waals surface area contributed by atoms with E-state index in [0.29, 0.717) is 50.4 Å². The van der Waals surface area contributed by atoms with Gasteiger partial charge in [-0.15, -0.1) is 0 Å². The van der Waals surface area contributed by atoms with Crippen molar-refractivity contribution in [2.75, 3.05) is 11.9 Å². The number of hydrogen-bond donors (Lipinski definition) is 1. The van der Waals surface area contributed by atoms with Gasteiger partial charge in [0.15, 0.2) is 0 Å². The first-order valence-corrected chi connectivity index (χ1v) is 13.2. The number of amides is 1. The molecule has 0 radical (unpaired) electrons. The van der Waals surface area contributed by atoms with E-state index in [2.05, 4.69) is 12.2 Å². The molecule has 10 heteroatoms. The van der Waals surface area contributed by atoms with Gasteiger partial charge in [-0.3, -0.25) is 14.6 Å². The lowest BCUT2D eigenvalue weighted by Crippen LogP contribution is -2.56. The Morgan fingerprint density at radius 1 is 0.974 bits per heavy atom. The summed E-state index contributed by atoms with van der Waals surface area (Å²) in [5, 5.41) is 2.08. The van der Waals surface area contributed by atoms with Gasteiger partial charge < -0.3 is 5.32 Å². The summed E-state index contributed by atoms with van der Waals surface area (Å²) < 4.78 is 81.9. The molecule has 4 aliphatic rings. The number of anilines is 1. The highest BCUT2D eigenvalue weighted by atomic mass is 19.4. The summed E-state index contributed by atoms with van der Waals surface area (Å²) in [4.78, 5) is 30.7. The van der Waals surface area contributed by atoms with Gasteiger partial charge in [-0.05, 0) is 67.4 Å². The van der Waals surface area contributed by atoms with Gasteiger partial charge in [0.2, 0.25) is 5.91 Å². The fourth-order valence-electron chi connectivity index (χ4n) is 8.40. The van der Waals surface area contributed by atoms with Crippen molar-refractivity contribution in [3.05, 3.63) is 29.3 Å². The summed E-state index contributed by atoms with van der Waals surface area (Å²) in [7, 11) is 0. The minimum atomic E-state index is -5.06. The number of nitrogens with zero attached hydrogens (tertiary/aromatic N) is 1. The molecule has 3 saturated carbocycles. The maximum atomic E-state index is 13.6. The van der Waals surface area contributed by atoms with E-state index in [0.717, 1.165) is 18.6 Å². The Morgan fingerprint density at radius 3 is 2.21 bits per heavy atom. The predicted octanol–water partition coefficient (Wildman–Crippen LogP) is 7.18. The summed E-state index contributed by atoms with van der Waals surface area (Å²) in [6, 6.07) is 1.82. The van der Waals surface area contributed by atoms with E-state index in [9.17, 15) is 35.9 Å². The highest BCUT2D eigenvalue weighted by molar-refractivity contribution is 6.10. The minimum absolute atomic E-state index is 0.0759. The highest BCUT2D eigenvalue weighted by Crippen LogP contribution is 2.64. The molecular weight excluding hydrogens is 510 g/mol. The standard InChI is InChI=1S/C28H32F6N2O2/c1-14-21(37)10-12-26(3)17-9-11-25(2)16(15(17)13-35-23(14)26)7-8-20(25)24(38)36-22-18(27(29,30)31)5-4-6-19(22)28(32,33)34/h4-6,14-17,20H,7-13H2,1-3H3,(H,36,38)/t14?,15?,16?,17?,20-,25+,26-/m1/s1. The number of hydrogen-bond acceptors (Lipinski definition) is 3. The normalized spacial score (nSPS) is 37.1. The number of alkyl halides is 6. The average Bonchev–Trinajstić information content (AvgIpc) is 3.18. The second-order valence-electron chi connectivity index (χ2n) is 12.1. The quantitative estimate of drug-likeness (QED) is 0.403. The van der Waals surface area contributed by atoms with Crippen LogP contribution >= 0.6 is 0 Å². The number of nitrogens with one attached hydrogen (secondary N) is 1. The first kappa shape index (κ1) is 27.2. The molecule has 1 aromatic rings. The van der Waals surface area contributed by atoms with Gasteiger partial charge in [0.05, 0.1) is 22.7 Å². The Balaban J connectivity index is 1.44. The van der Waals surface area contributed by atoms with E-state index in [1.807, 2.05) is 13.8 Å². The third kappa shape index (κ3) is 4.08. The number of aliphatic imine (C=N–C) groups is 1. The second kappa shape index (κ2) is 8.81. The molecule has 0 spiro atoms. The van der Waals surface area contributed by atoms with Crippen LogP contribution in [0.4, 0.5) is 32.0 Å². The molecule has 1 aromatic carbocycles. The smallest absolute Gasteiger partial charge is 0.325 e. The minimum Gasteiger partial charge on any atom is -0.325 e. The molecule has 1 heterocycles. The lowest BCUT2D eigenvalue weighted by atomic mass is 9.48. The Hall–Kier alpha value is -2.39. The zero-order chi connectivity index (χ0) is 27.8. The largest absolute Gasteiger partial charge is 0.418 e. The first-order chi connectivity index (χ1) is 17.6. The molecule has 208 valence electrons. The van der Waals surface area contributed by atoms with Crippen molar-refractivity contribution in [3.8, 4) is 0 Å². The fraction of sp³-hybridized carbons (Fsp3) is 0.679. The highest BCUT2D eigenvalue weighted by Gasteiger charge is 2.61. The van der Waals surface area contributed by atoms with E-state index in [4.69, 9.17) is 4.99 Å². The maximum Gasteiger partial charge on any atom is 0.418 e. The van der Waals surface area contributed by atoms with Crippen LogP contribution in [0.3, 0.4) is 0 Å². The van der Waals surface area contributed by atoms with Gasteiger partial charge >= 0.3 is 12.4 Å². The zero-order valence-corrected chi connectivity index (χ0v) is 21.6. The number of carbonyl (C=O) groups is 2. The van der Waals surface area contributed by atoms with E-state index in [-0.39, 0.29) is 34.9 Å². The third-order valence-corrected chi connectivity index (χ3v) is 10.3. The predicted molar refractivity (Wildman–Crippen MR) is 129 cm³/mol. The van der Waals surface area contributed by atoms with E-state index in [1.54, 1.807) is 0 Å². The van der Waals surface area contributed by atoms with Crippen molar-refractivity contribution in [2.45, 2.75) is 71.6 Å². The summed E-state index contributed by atoms with van der Waals surface area (Å²) >= 11 is 0. The monoisotopic (exact) mass is 542 g/mol. The van der Waals surface area contributed by atoms with Crippen molar-refractivity contribution in [2.24, 2.45) is 45.4 Å². The Morgan fingerprint density at radius 2 is 1.61 bits per heavy atom. The molecule has 1 amide bonds. The number of fused-ring (bicyclic) bond motifs is 5. The molecule has 7 atom stereocenters. The summed E-state index contributed by atoms with van der Waals surface area (Å²) in [6.07, 6.45) is -6.39. The van der Waals surface area contributed by atoms with Crippen molar-refractivity contribution in [1.82, 2.24) is 0 Å². The van der Waals surface area contributed by atoms with Crippen molar-refractivity contribution >= 4 is 23.1 Å². The van der Waals surface area contributed by atoms with Crippen LogP contribution in [-0.2, 0) is 21.9 Å². The van der Waals surface area contributed by atoms with Crippen LogP contribution in [-0.4, -0.2) is 23.9 Å². The van der Waals surface area contributed by atoms with Crippen LogP contribution in [0.2, 0.25) is 0 Å². The molecule has 3 fully saturated rings. The second-order valence-corrected chi connectivity index (χ2v) is 12.1. The fourth-order valence-corrected chi connectivity index (χ4v) is 8.40. The zero-order valence-electron chi connectivity index (χ0n) is 21.6. The molecule has 38 heavy (non-hydrogen) atoms. The maximum absolute atomic E-state index is 13.6. The van der Waals surface area contributed by atoms with Crippen LogP contribution in [0.5, 0.6) is 0 Å². The SMILES string of the molecule is CC1C(=O)CC[C@@]2(C)C1=NCC1C2CC[C@@]2(C)C1CC[C@@H]2C(=O)Nc1c(C(F)(F)F)cccc1C(F)(F)F. The average molecular weight is 543 g/mol. The number of para-hydroxylation sites is 1. The molecular formula is C28H32F6N2O2. The lowest BCUT2D eigenvalue weighted by Gasteiger charge is -2.57. The Bertz CT molecular complexity index is 1160. The third-order valence-electron chi connectivity index (χ3n) is 10.3. The summed E-state index contributed by atoms with van der Waals surface area (Å²) in [6.45, 7) is 6.59. The molecule has 4 unspecified atom stereocenters. The van der Waals surface area contributed by atoms with Crippen molar-refractivity contribution in [3.63, 3.8) is 0 Å². The number of ketones is 1. The number of rotatable bonds is 2. The summed E-state index contributed by atoms with van der Waals surface area (Å²) in [5.74, 6) is -0.981. The van der Waals surface area contributed by atoms with Crippen LogP contribution in [0.25, 0.3) is 0 Å². The molecule has 1 aliphatic heterocycles. The molecule has 1 N–H and O–H groups in total. The van der Waals surface area contributed by atoms with Gasteiger partial charge in [-0.1, -0.05) is 26.8 Å². The summed E-state index contributed by atoms with van der Waals surface area (Å²) in [5.41, 5.74) is -4.03. The van der Waals surface area contributed by atoms with Crippen LogP contribution in [0.15, 0.2) is 23.2 Å². The van der Waals surface area contributed by atoms with Gasteiger partial charge in [-0.25, -0.2) is 0 Å². The molecule has 3 aliphatic carbocycles. The van der Waals surface area contributed by atoms with Crippen LogP contribution < -0.4 is 5.32 Å². The van der Waals surface area contributed by atoms with Gasteiger partial charge in [0.1, 0.15) is 5.78 Å². The van der Waals surface area contributed by atoms with Crippen LogP contribution in [0, 0.1) is 40.4 Å². The van der Waals surface area contributed by atoms with E-state index >= 15 is 0 Å². The topological polar surface area (TPSA) is 58.5 Å².